The van der Waals surface area contributed by atoms with Gasteiger partial charge in [0, 0.05) is 19.5 Å². The minimum absolute atomic E-state index is 0.676. The molecule has 1 aromatic carbocycles. The third-order valence-electron chi connectivity index (χ3n) is 4.08. The number of nitrogens with one attached hydrogen (secondary N) is 1. The van der Waals surface area contributed by atoms with Gasteiger partial charge in [0.25, 0.3) is 0 Å². The predicted octanol–water partition coefficient (Wildman–Crippen LogP) is 2.95. The maximum Gasteiger partial charge on any atom is 0.112 e. The molecule has 1 aliphatic carbocycles. The number of nitrogens with zero attached hydrogens (tertiary/aromatic N) is 2. The summed E-state index contributed by atoms with van der Waals surface area (Å²) in [7, 11) is 4.14. The Bertz CT molecular complexity index is 550. The summed E-state index contributed by atoms with van der Waals surface area (Å²) in [4.78, 5) is 4.84. The van der Waals surface area contributed by atoms with Gasteiger partial charge in [0.1, 0.15) is 5.82 Å². The van der Waals surface area contributed by atoms with Gasteiger partial charge < -0.3 is 9.88 Å². The molecule has 0 radical (unpaired) electrons. The van der Waals surface area contributed by atoms with Crippen molar-refractivity contribution in [3.05, 3.63) is 29.6 Å². The standard InChI is InChI=1S/C15H21N3/c1-16-10-11-7-8-13-14(9-11)18(2)15(17-13)12-5-3-4-6-12/h7-9,12,16H,3-6,10H2,1-2H3. The van der Waals surface area contributed by atoms with E-state index in [4.69, 9.17) is 4.98 Å². The van der Waals surface area contributed by atoms with Crippen LogP contribution >= 0.6 is 0 Å². The van der Waals surface area contributed by atoms with Crippen molar-refractivity contribution >= 4 is 11.0 Å². The van der Waals surface area contributed by atoms with Gasteiger partial charge >= 0.3 is 0 Å². The first-order valence-electron chi connectivity index (χ1n) is 6.89. The Morgan fingerprint density at radius 2 is 2.11 bits per heavy atom. The van der Waals surface area contributed by atoms with Crippen LogP contribution < -0.4 is 5.32 Å². The molecule has 0 saturated heterocycles. The quantitative estimate of drug-likeness (QED) is 0.898. The lowest BCUT2D eigenvalue weighted by atomic mass is 10.1. The van der Waals surface area contributed by atoms with Crippen molar-refractivity contribution < 1.29 is 0 Å². The van der Waals surface area contributed by atoms with Crippen molar-refractivity contribution in [2.45, 2.75) is 38.1 Å². The van der Waals surface area contributed by atoms with E-state index in [1.54, 1.807) is 0 Å². The van der Waals surface area contributed by atoms with Gasteiger partial charge in [-0.25, -0.2) is 4.98 Å². The Morgan fingerprint density at radius 1 is 1.33 bits per heavy atom. The van der Waals surface area contributed by atoms with Gasteiger partial charge in [-0.1, -0.05) is 18.9 Å². The van der Waals surface area contributed by atoms with Crippen LogP contribution in [0.2, 0.25) is 0 Å². The Kier molecular flexibility index (Phi) is 3.08. The summed E-state index contributed by atoms with van der Waals surface area (Å²) in [6.07, 6.45) is 5.33. The molecular weight excluding hydrogens is 222 g/mol. The highest BCUT2D eigenvalue weighted by Crippen LogP contribution is 2.34. The number of imidazole rings is 1. The maximum absolute atomic E-state index is 4.84. The van der Waals surface area contributed by atoms with Crippen LogP contribution in [-0.4, -0.2) is 16.6 Å². The molecule has 1 fully saturated rings. The summed E-state index contributed by atoms with van der Waals surface area (Å²) in [5, 5.41) is 3.20. The highest BCUT2D eigenvalue weighted by atomic mass is 15.1. The van der Waals surface area contributed by atoms with Crippen molar-refractivity contribution in [3.63, 3.8) is 0 Å². The molecule has 1 saturated carbocycles. The van der Waals surface area contributed by atoms with Gasteiger partial charge in [-0.3, -0.25) is 0 Å². The van der Waals surface area contributed by atoms with E-state index in [1.807, 2.05) is 7.05 Å². The smallest absolute Gasteiger partial charge is 0.112 e. The number of aromatic nitrogens is 2. The molecule has 3 nitrogen and oxygen atoms in total. The lowest BCUT2D eigenvalue weighted by molar-refractivity contribution is 0.639. The summed E-state index contributed by atoms with van der Waals surface area (Å²) in [6, 6.07) is 6.59. The highest BCUT2D eigenvalue weighted by molar-refractivity contribution is 5.77. The van der Waals surface area contributed by atoms with E-state index >= 15 is 0 Å². The van der Waals surface area contributed by atoms with E-state index in [2.05, 4.69) is 35.1 Å². The molecule has 96 valence electrons. The van der Waals surface area contributed by atoms with Crippen LogP contribution in [0, 0.1) is 0 Å². The molecule has 1 N–H and O–H groups in total. The fourth-order valence-electron chi connectivity index (χ4n) is 3.12. The molecule has 0 unspecified atom stereocenters. The van der Waals surface area contributed by atoms with Crippen LogP contribution in [0.15, 0.2) is 18.2 Å². The predicted molar refractivity (Wildman–Crippen MR) is 74.7 cm³/mol. The first-order chi connectivity index (χ1) is 8.79. The van der Waals surface area contributed by atoms with Crippen LogP contribution in [-0.2, 0) is 13.6 Å². The zero-order chi connectivity index (χ0) is 12.5. The van der Waals surface area contributed by atoms with Gasteiger partial charge in [0.15, 0.2) is 0 Å². The van der Waals surface area contributed by atoms with Crippen LogP contribution in [0.1, 0.15) is 43.0 Å². The number of aryl methyl sites for hydroxylation is 1. The van der Waals surface area contributed by atoms with E-state index in [0.29, 0.717) is 5.92 Å². The molecule has 3 heteroatoms. The van der Waals surface area contributed by atoms with Gasteiger partial charge in [0.05, 0.1) is 11.0 Å². The van der Waals surface area contributed by atoms with Crippen LogP contribution in [0.25, 0.3) is 11.0 Å². The molecule has 0 amide bonds. The van der Waals surface area contributed by atoms with Crippen molar-refractivity contribution in [2.24, 2.45) is 7.05 Å². The summed E-state index contributed by atoms with van der Waals surface area (Å²) in [5.41, 5.74) is 3.73. The fraction of sp³-hybridized carbons (Fsp3) is 0.533. The minimum atomic E-state index is 0.676. The van der Waals surface area contributed by atoms with Crippen molar-refractivity contribution in [2.75, 3.05) is 7.05 Å². The Morgan fingerprint density at radius 3 is 2.83 bits per heavy atom. The molecule has 3 rings (SSSR count). The number of hydrogen-bond acceptors (Lipinski definition) is 2. The average Bonchev–Trinajstić information content (AvgIpc) is 2.99. The van der Waals surface area contributed by atoms with E-state index in [0.717, 1.165) is 12.1 Å². The Labute approximate surface area is 108 Å². The molecule has 0 spiro atoms. The van der Waals surface area contributed by atoms with Crippen molar-refractivity contribution in [1.29, 1.82) is 0 Å². The highest BCUT2D eigenvalue weighted by Gasteiger charge is 2.22. The Balaban J connectivity index is 2.04. The number of hydrogen-bond donors (Lipinski definition) is 1. The monoisotopic (exact) mass is 243 g/mol. The average molecular weight is 243 g/mol. The first kappa shape index (κ1) is 11.7. The van der Waals surface area contributed by atoms with Gasteiger partial charge in [-0.15, -0.1) is 0 Å². The van der Waals surface area contributed by atoms with Gasteiger partial charge in [0.2, 0.25) is 0 Å². The summed E-state index contributed by atoms with van der Waals surface area (Å²) < 4.78 is 2.30. The normalized spacial score (nSPS) is 16.8. The fourth-order valence-corrected chi connectivity index (χ4v) is 3.12. The largest absolute Gasteiger partial charge is 0.331 e. The number of rotatable bonds is 3. The van der Waals surface area contributed by atoms with Gasteiger partial charge in [-0.05, 0) is 37.6 Å². The van der Waals surface area contributed by atoms with Crippen LogP contribution in [0.4, 0.5) is 0 Å². The molecule has 1 aliphatic rings. The lowest BCUT2D eigenvalue weighted by Gasteiger charge is -2.08. The molecule has 1 heterocycles. The number of fused-ring (bicyclic) bond motifs is 1. The first-order valence-corrected chi connectivity index (χ1v) is 6.89. The summed E-state index contributed by atoms with van der Waals surface area (Å²) in [6.45, 7) is 0.917. The van der Waals surface area contributed by atoms with Crippen LogP contribution in [0.5, 0.6) is 0 Å². The summed E-state index contributed by atoms with van der Waals surface area (Å²) in [5.74, 6) is 1.96. The lowest BCUT2D eigenvalue weighted by Crippen LogP contribution is -2.05. The molecule has 18 heavy (non-hydrogen) atoms. The number of benzene rings is 1. The van der Waals surface area contributed by atoms with E-state index in [1.165, 1.54) is 42.6 Å². The SMILES string of the molecule is CNCc1ccc2nc(C3CCCC3)n(C)c2c1. The third kappa shape index (κ3) is 1.93. The topological polar surface area (TPSA) is 29.9 Å². The second-order valence-electron chi connectivity index (χ2n) is 5.36. The van der Waals surface area contributed by atoms with E-state index in [-0.39, 0.29) is 0 Å². The molecule has 0 bridgehead atoms. The second kappa shape index (κ2) is 4.73. The third-order valence-corrected chi connectivity index (χ3v) is 4.08. The zero-order valence-corrected chi connectivity index (χ0v) is 11.2. The van der Waals surface area contributed by atoms with Crippen LogP contribution in [0.3, 0.4) is 0 Å². The molecule has 0 aliphatic heterocycles. The van der Waals surface area contributed by atoms with E-state index < -0.39 is 0 Å². The minimum Gasteiger partial charge on any atom is -0.331 e. The van der Waals surface area contributed by atoms with Crippen molar-refractivity contribution in [3.8, 4) is 0 Å². The molecular formula is C15H21N3. The summed E-state index contributed by atoms with van der Waals surface area (Å²) >= 11 is 0. The Hall–Kier alpha value is -1.35. The molecule has 0 atom stereocenters. The molecule has 2 aromatic rings. The maximum atomic E-state index is 4.84. The van der Waals surface area contributed by atoms with E-state index in [9.17, 15) is 0 Å². The zero-order valence-electron chi connectivity index (χ0n) is 11.2. The molecule has 1 aromatic heterocycles. The van der Waals surface area contributed by atoms with Gasteiger partial charge in [-0.2, -0.15) is 0 Å². The van der Waals surface area contributed by atoms with Crippen molar-refractivity contribution in [1.82, 2.24) is 14.9 Å². The second-order valence-corrected chi connectivity index (χ2v) is 5.36.